The fraction of sp³-hybridized carbons (Fsp3) is 0.417. The van der Waals surface area contributed by atoms with Crippen molar-refractivity contribution in [2.75, 3.05) is 0 Å². The van der Waals surface area contributed by atoms with E-state index in [1.807, 2.05) is 0 Å². The molecule has 0 saturated carbocycles. The normalized spacial score (nSPS) is 13.3. The van der Waals surface area contributed by atoms with Gasteiger partial charge >= 0.3 is 0 Å². The first-order valence-electron chi connectivity index (χ1n) is 5.15. The Kier molecular flexibility index (Phi) is 4.09. The van der Waals surface area contributed by atoms with Gasteiger partial charge in [0.15, 0.2) is 0 Å². The minimum atomic E-state index is -0.888. The lowest BCUT2D eigenvalue weighted by Crippen LogP contribution is -2.49. The molecule has 1 rings (SSSR count). The van der Waals surface area contributed by atoms with E-state index in [-0.39, 0.29) is 10.9 Å². The Morgan fingerprint density at radius 3 is 2.47 bits per heavy atom. The van der Waals surface area contributed by atoms with Crippen molar-refractivity contribution in [2.24, 2.45) is 0 Å². The van der Waals surface area contributed by atoms with E-state index in [9.17, 15) is 13.6 Å². The van der Waals surface area contributed by atoms with E-state index in [0.29, 0.717) is 6.07 Å². The molecule has 0 bridgehead atoms. The summed E-state index contributed by atoms with van der Waals surface area (Å²) in [5, 5.41) is 2.27. The van der Waals surface area contributed by atoms with Crippen molar-refractivity contribution in [1.29, 1.82) is 0 Å². The van der Waals surface area contributed by atoms with Crippen molar-refractivity contribution in [2.45, 2.75) is 31.7 Å². The third-order valence-electron chi connectivity index (χ3n) is 2.61. The first-order valence-corrected chi connectivity index (χ1v) is 5.59. The molecule has 1 aromatic rings. The molecule has 0 spiro atoms. The molecule has 1 aromatic carbocycles. The molecule has 1 amide bonds. The van der Waals surface area contributed by atoms with E-state index in [1.165, 1.54) is 0 Å². The Balaban J connectivity index is 2.91. The molecule has 1 N–H and O–H groups in total. The molecule has 0 aliphatic heterocycles. The van der Waals surface area contributed by atoms with Crippen LogP contribution in [0.2, 0.25) is 0 Å². The molecule has 0 saturated heterocycles. The number of hydrogen-bond donors (Lipinski definition) is 1. The van der Waals surface area contributed by atoms with Gasteiger partial charge in [0, 0.05) is 6.07 Å². The van der Waals surface area contributed by atoms with Crippen molar-refractivity contribution in [1.82, 2.24) is 5.32 Å². The topological polar surface area (TPSA) is 29.1 Å². The van der Waals surface area contributed by atoms with E-state index in [0.717, 1.165) is 12.1 Å². The lowest BCUT2D eigenvalue weighted by Gasteiger charge is -2.29. The molecule has 0 aliphatic rings. The van der Waals surface area contributed by atoms with E-state index < -0.39 is 23.1 Å². The van der Waals surface area contributed by atoms with Crippen LogP contribution in [0.1, 0.15) is 31.1 Å². The summed E-state index contributed by atoms with van der Waals surface area (Å²) in [5.41, 5.74) is -0.879. The molecule has 0 aromatic heterocycles. The maximum Gasteiger partial charge on any atom is 0.254 e. The molecule has 2 nitrogen and oxygen atoms in total. The Hall–Kier alpha value is -1.16. The number of amides is 1. The Labute approximate surface area is 104 Å². The molecule has 0 aliphatic carbocycles. The van der Waals surface area contributed by atoms with Crippen LogP contribution in [0.4, 0.5) is 8.78 Å². The largest absolute Gasteiger partial charge is 0.346 e. The summed E-state index contributed by atoms with van der Waals surface area (Å²) in [6, 6.07) is 2.82. The first kappa shape index (κ1) is 13.9. The lowest BCUT2D eigenvalue weighted by molar-refractivity contribution is 0.0908. The van der Waals surface area contributed by atoms with Gasteiger partial charge in [-0.1, -0.05) is 0 Å². The highest BCUT2D eigenvalue weighted by Crippen LogP contribution is 2.17. The SMILES string of the molecule is CC(Cl)C(C)(C)NC(=O)c1ccc(F)cc1F. The maximum atomic E-state index is 13.3. The van der Waals surface area contributed by atoms with Gasteiger partial charge in [0.05, 0.1) is 16.5 Å². The summed E-state index contributed by atoms with van der Waals surface area (Å²) in [4.78, 5) is 11.8. The van der Waals surface area contributed by atoms with E-state index in [4.69, 9.17) is 11.6 Å². The van der Waals surface area contributed by atoms with Gasteiger partial charge in [0.1, 0.15) is 11.6 Å². The summed E-state index contributed by atoms with van der Waals surface area (Å²) < 4.78 is 26.0. The second-order valence-electron chi connectivity index (χ2n) is 4.42. The lowest BCUT2D eigenvalue weighted by atomic mass is 10.0. The maximum absolute atomic E-state index is 13.3. The van der Waals surface area contributed by atoms with Crippen LogP contribution in [0.5, 0.6) is 0 Å². The van der Waals surface area contributed by atoms with Crippen LogP contribution >= 0.6 is 11.6 Å². The minimum absolute atomic E-state index is 0.197. The predicted molar refractivity (Wildman–Crippen MR) is 63.2 cm³/mol. The van der Waals surface area contributed by atoms with Crippen LogP contribution < -0.4 is 5.32 Å². The van der Waals surface area contributed by atoms with Crippen molar-refractivity contribution < 1.29 is 13.6 Å². The molecule has 0 heterocycles. The molecule has 94 valence electrons. The number of alkyl halides is 1. The molecule has 1 atom stereocenters. The van der Waals surface area contributed by atoms with Gasteiger partial charge in [-0.15, -0.1) is 11.6 Å². The molecule has 5 heteroatoms. The smallest absolute Gasteiger partial charge is 0.254 e. The zero-order valence-electron chi connectivity index (χ0n) is 9.85. The predicted octanol–water partition coefficient (Wildman–Crippen LogP) is 3.10. The van der Waals surface area contributed by atoms with Crippen molar-refractivity contribution in [3.63, 3.8) is 0 Å². The Morgan fingerprint density at radius 1 is 1.41 bits per heavy atom. The summed E-state index contributed by atoms with van der Waals surface area (Å²) in [5.74, 6) is -2.22. The van der Waals surface area contributed by atoms with Crippen molar-refractivity contribution >= 4 is 17.5 Å². The number of carbonyl (C=O) groups excluding carboxylic acids is 1. The van der Waals surface area contributed by atoms with Crippen LogP contribution in [0.15, 0.2) is 18.2 Å². The summed E-state index contributed by atoms with van der Waals surface area (Å²) >= 11 is 5.90. The van der Waals surface area contributed by atoms with Gasteiger partial charge in [-0.25, -0.2) is 8.78 Å². The molecular weight excluding hydrogens is 248 g/mol. The zero-order valence-corrected chi connectivity index (χ0v) is 10.6. The molecule has 0 fully saturated rings. The van der Waals surface area contributed by atoms with Gasteiger partial charge in [-0.3, -0.25) is 4.79 Å². The highest BCUT2D eigenvalue weighted by molar-refractivity contribution is 6.21. The fourth-order valence-corrected chi connectivity index (χ4v) is 1.19. The highest BCUT2D eigenvalue weighted by Gasteiger charge is 2.27. The first-order chi connectivity index (χ1) is 7.74. The third kappa shape index (κ3) is 3.40. The van der Waals surface area contributed by atoms with Gasteiger partial charge in [0.25, 0.3) is 5.91 Å². The Bertz CT molecular complexity index is 433. The van der Waals surface area contributed by atoms with Crippen LogP contribution in [0.25, 0.3) is 0 Å². The monoisotopic (exact) mass is 261 g/mol. The standard InChI is InChI=1S/C12H14ClF2NO/c1-7(13)12(2,3)16-11(17)9-5-4-8(14)6-10(9)15/h4-7H,1-3H3,(H,16,17). The summed E-state index contributed by atoms with van der Waals surface area (Å²) in [6.45, 7) is 5.18. The van der Waals surface area contributed by atoms with Crippen LogP contribution in [0.3, 0.4) is 0 Å². The van der Waals surface area contributed by atoms with Crippen LogP contribution in [-0.4, -0.2) is 16.8 Å². The van der Waals surface area contributed by atoms with E-state index in [1.54, 1.807) is 20.8 Å². The molecule has 17 heavy (non-hydrogen) atoms. The number of nitrogens with one attached hydrogen (secondary N) is 1. The van der Waals surface area contributed by atoms with E-state index in [2.05, 4.69) is 5.32 Å². The summed E-state index contributed by atoms with van der Waals surface area (Å²) in [7, 11) is 0. The number of halogens is 3. The number of rotatable bonds is 3. The van der Waals surface area contributed by atoms with Gasteiger partial charge in [-0.05, 0) is 32.9 Å². The minimum Gasteiger partial charge on any atom is -0.346 e. The summed E-state index contributed by atoms with van der Waals surface area (Å²) in [6.07, 6.45) is 0. The fourth-order valence-electron chi connectivity index (χ4n) is 1.13. The second-order valence-corrected chi connectivity index (χ2v) is 5.07. The van der Waals surface area contributed by atoms with Crippen molar-refractivity contribution in [3.05, 3.63) is 35.4 Å². The molecule has 1 unspecified atom stereocenters. The average Bonchev–Trinajstić information content (AvgIpc) is 2.15. The van der Waals surface area contributed by atoms with E-state index >= 15 is 0 Å². The van der Waals surface area contributed by atoms with Gasteiger partial charge < -0.3 is 5.32 Å². The average molecular weight is 262 g/mol. The van der Waals surface area contributed by atoms with Crippen LogP contribution in [-0.2, 0) is 0 Å². The Morgan fingerprint density at radius 2 is 2.00 bits per heavy atom. The quantitative estimate of drug-likeness (QED) is 0.833. The zero-order chi connectivity index (χ0) is 13.2. The number of carbonyl (C=O) groups is 1. The van der Waals surface area contributed by atoms with Crippen molar-refractivity contribution in [3.8, 4) is 0 Å². The third-order valence-corrected chi connectivity index (χ3v) is 3.15. The van der Waals surface area contributed by atoms with Gasteiger partial charge in [0.2, 0.25) is 0 Å². The number of hydrogen-bond acceptors (Lipinski definition) is 1. The molecule has 0 radical (unpaired) electrons. The second kappa shape index (κ2) is 5.00. The number of benzene rings is 1. The van der Waals surface area contributed by atoms with Crippen LogP contribution in [0, 0.1) is 11.6 Å². The molecular formula is C12H14ClF2NO. The highest BCUT2D eigenvalue weighted by atomic mass is 35.5. The van der Waals surface area contributed by atoms with Gasteiger partial charge in [-0.2, -0.15) is 0 Å².